The molecule has 0 aliphatic heterocycles. The molecule has 3 aromatic rings. The zero-order valence-corrected chi connectivity index (χ0v) is 12.0. The minimum absolute atomic E-state index is 0.487. The van der Waals surface area contributed by atoms with Crippen LogP contribution in [0.25, 0.3) is 10.9 Å². The van der Waals surface area contributed by atoms with Gasteiger partial charge in [0.1, 0.15) is 17.6 Å². The Balaban J connectivity index is 1.99. The Labute approximate surface area is 124 Å². The van der Waals surface area contributed by atoms with Crippen molar-refractivity contribution in [1.82, 2.24) is 4.98 Å². The molecule has 20 heavy (non-hydrogen) atoms. The van der Waals surface area contributed by atoms with Gasteiger partial charge in [-0.15, -0.1) is 0 Å². The van der Waals surface area contributed by atoms with E-state index >= 15 is 0 Å². The second kappa shape index (κ2) is 5.32. The Bertz CT molecular complexity index is 824. The summed E-state index contributed by atoms with van der Waals surface area (Å²) in [7, 11) is 0. The van der Waals surface area contributed by atoms with Crippen LogP contribution in [0.4, 0.5) is 0 Å². The normalized spacial score (nSPS) is 10.2. The number of hydrogen-bond acceptors (Lipinski definition) is 3. The lowest BCUT2D eigenvalue weighted by molar-refractivity contribution is 0.481. The molecule has 2 aromatic carbocycles. The van der Waals surface area contributed by atoms with Crippen LogP contribution in [0.15, 0.2) is 59.2 Å². The number of hydrogen-bond donors (Lipinski definition) is 0. The van der Waals surface area contributed by atoms with Gasteiger partial charge in [0, 0.05) is 22.1 Å². The van der Waals surface area contributed by atoms with Crippen LogP contribution in [0.1, 0.15) is 5.56 Å². The first-order valence-electron chi connectivity index (χ1n) is 5.98. The molecule has 0 spiro atoms. The molecule has 1 aromatic heterocycles. The molecular weight excluding hydrogens is 316 g/mol. The quantitative estimate of drug-likeness (QED) is 0.688. The third kappa shape index (κ3) is 2.49. The number of aromatic nitrogens is 1. The molecule has 1 heterocycles. The molecule has 96 valence electrons. The maximum Gasteiger partial charge on any atom is 0.145 e. The van der Waals surface area contributed by atoms with Crippen LogP contribution in [0, 0.1) is 11.3 Å². The van der Waals surface area contributed by atoms with Crippen LogP contribution >= 0.6 is 15.9 Å². The van der Waals surface area contributed by atoms with Gasteiger partial charge in [-0.1, -0.05) is 22.0 Å². The largest absolute Gasteiger partial charge is 0.456 e. The predicted octanol–water partition coefficient (Wildman–Crippen LogP) is 4.66. The average Bonchev–Trinajstić information content (AvgIpc) is 2.49. The van der Waals surface area contributed by atoms with Crippen molar-refractivity contribution in [2.24, 2.45) is 0 Å². The van der Waals surface area contributed by atoms with E-state index in [1.54, 1.807) is 18.3 Å². The van der Waals surface area contributed by atoms with Gasteiger partial charge in [-0.05, 0) is 36.4 Å². The van der Waals surface area contributed by atoms with Crippen LogP contribution in [0.5, 0.6) is 11.5 Å². The fraction of sp³-hybridized carbons (Fsp3) is 0. The monoisotopic (exact) mass is 324 g/mol. The molecule has 3 nitrogen and oxygen atoms in total. The van der Waals surface area contributed by atoms with Gasteiger partial charge >= 0.3 is 0 Å². The molecule has 0 radical (unpaired) electrons. The number of benzene rings is 2. The van der Waals surface area contributed by atoms with E-state index in [-0.39, 0.29) is 0 Å². The Morgan fingerprint density at radius 3 is 2.85 bits per heavy atom. The lowest BCUT2D eigenvalue weighted by atomic mass is 10.2. The Morgan fingerprint density at radius 1 is 1.10 bits per heavy atom. The topological polar surface area (TPSA) is 45.9 Å². The first kappa shape index (κ1) is 12.6. The van der Waals surface area contributed by atoms with Gasteiger partial charge in [0.15, 0.2) is 0 Å². The zero-order valence-electron chi connectivity index (χ0n) is 10.4. The van der Waals surface area contributed by atoms with Gasteiger partial charge in [0.05, 0.1) is 11.1 Å². The fourth-order valence-corrected chi connectivity index (χ4v) is 2.28. The number of rotatable bonds is 2. The van der Waals surface area contributed by atoms with Crippen molar-refractivity contribution in [3.63, 3.8) is 0 Å². The molecule has 0 fully saturated rings. The molecule has 0 unspecified atom stereocenters. The second-order valence-corrected chi connectivity index (χ2v) is 5.13. The molecule has 0 bridgehead atoms. The number of fused-ring (bicyclic) bond motifs is 1. The number of halogens is 1. The number of nitriles is 1. The van der Waals surface area contributed by atoms with Crippen molar-refractivity contribution in [1.29, 1.82) is 5.26 Å². The van der Waals surface area contributed by atoms with Crippen molar-refractivity contribution in [3.8, 4) is 17.6 Å². The summed E-state index contributed by atoms with van der Waals surface area (Å²) in [6.07, 6.45) is 1.74. The molecule has 0 saturated carbocycles. The minimum atomic E-state index is 0.487. The van der Waals surface area contributed by atoms with Crippen molar-refractivity contribution in [3.05, 3.63) is 64.8 Å². The molecule has 4 heteroatoms. The van der Waals surface area contributed by atoms with E-state index in [1.165, 1.54) is 0 Å². The molecule has 0 N–H and O–H groups in total. The van der Waals surface area contributed by atoms with E-state index < -0.39 is 0 Å². The zero-order chi connectivity index (χ0) is 13.9. The van der Waals surface area contributed by atoms with E-state index in [2.05, 4.69) is 27.0 Å². The smallest absolute Gasteiger partial charge is 0.145 e. The van der Waals surface area contributed by atoms with Gasteiger partial charge in [-0.25, -0.2) is 0 Å². The highest BCUT2D eigenvalue weighted by Gasteiger charge is 2.06. The molecule has 3 rings (SSSR count). The first-order chi connectivity index (χ1) is 9.76. The molecule has 0 aliphatic carbocycles. The van der Waals surface area contributed by atoms with Crippen molar-refractivity contribution < 1.29 is 4.74 Å². The van der Waals surface area contributed by atoms with Crippen molar-refractivity contribution in [2.45, 2.75) is 0 Å². The SMILES string of the molecule is N#Cc1cc(Br)ccc1Oc1ccc2cccnc2c1. The lowest BCUT2D eigenvalue weighted by Crippen LogP contribution is -1.89. The fourth-order valence-electron chi connectivity index (χ4n) is 1.92. The highest BCUT2D eigenvalue weighted by Crippen LogP contribution is 2.29. The summed E-state index contributed by atoms with van der Waals surface area (Å²) in [5.41, 5.74) is 1.35. The standard InChI is InChI=1S/C16H9BrN2O/c17-13-4-6-16(12(8-13)10-18)20-14-5-3-11-2-1-7-19-15(11)9-14/h1-9H. The van der Waals surface area contributed by atoms with Gasteiger partial charge in [0.25, 0.3) is 0 Å². The molecule has 0 aliphatic rings. The minimum Gasteiger partial charge on any atom is -0.456 e. The second-order valence-electron chi connectivity index (χ2n) is 4.21. The van der Waals surface area contributed by atoms with Gasteiger partial charge in [-0.3, -0.25) is 4.98 Å². The van der Waals surface area contributed by atoms with Gasteiger partial charge in [0.2, 0.25) is 0 Å². The molecule has 0 atom stereocenters. The summed E-state index contributed by atoms with van der Waals surface area (Å²) in [4.78, 5) is 4.29. The Hall–Kier alpha value is -2.38. The molecule has 0 saturated heterocycles. The third-order valence-electron chi connectivity index (χ3n) is 2.87. The Kier molecular flexibility index (Phi) is 3.36. The molecule has 0 amide bonds. The lowest BCUT2D eigenvalue weighted by Gasteiger charge is -2.08. The predicted molar refractivity (Wildman–Crippen MR) is 80.7 cm³/mol. The number of nitrogens with zero attached hydrogens (tertiary/aromatic N) is 2. The highest BCUT2D eigenvalue weighted by molar-refractivity contribution is 9.10. The Morgan fingerprint density at radius 2 is 2.00 bits per heavy atom. The average molecular weight is 325 g/mol. The van der Waals surface area contributed by atoms with Crippen LogP contribution in [-0.2, 0) is 0 Å². The summed E-state index contributed by atoms with van der Waals surface area (Å²) in [5, 5.41) is 10.2. The number of pyridine rings is 1. The summed E-state index contributed by atoms with van der Waals surface area (Å²) in [6.45, 7) is 0. The van der Waals surface area contributed by atoms with Crippen molar-refractivity contribution in [2.75, 3.05) is 0 Å². The van der Waals surface area contributed by atoms with E-state index in [1.807, 2.05) is 36.4 Å². The first-order valence-corrected chi connectivity index (χ1v) is 6.78. The van der Waals surface area contributed by atoms with Crippen LogP contribution in [-0.4, -0.2) is 4.98 Å². The summed E-state index contributed by atoms with van der Waals surface area (Å²) in [5.74, 6) is 1.20. The highest BCUT2D eigenvalue weighted by atomic mass is 79.9. The molecular formula is C16H9BrN2O. The van der Waals surface area contributed by atoms with E-state index in [9.17, 15) is 0 Å². The van der Waals surface area contributed by atoms with Crippen LogP contribution in [0.3, 0.4) is 0 Å². The third-order valence-corrected chi connectivity index (χ3v) is 3.36. The van der Waals surface area contributed by atoms with Crippen molar-refractivity contribution >= 4 is 26.8 Å². The van der Waals surface area contributed by atoms with Crippen LogP contribution < -0.4 is 4.74 Å². The van der Waals surface area contributed by atoms with Crippen LogP contribution in [0.2, 0.25) is 0 Å². The summed E-state index contributed by atoms with van der Waals surface area (Å²) >= 11 is 3.34. The number of ether oxygens (including phenoxy) is 1. The van der Waals surface area contributed by atoms with Gasteiger partial charge in [-0.2, -0.15) is 5.26 Å². The van der Waals surface area contributed by atoms with E-state index in [4.69, 9.17) is 10.00 Å². The summed E-state index contributed by atoms with van der Waals surface area (Å²) in [6, 6.07) is 17.0. The van der Waals surface area contributed by atoms with E-state index in [0.29, 0.717) is 17.1 Å². The maximum absolute atomic E-state index is 9.13. The van der Waals surface area contributed by atoms with Gasteiger partial charge < -0.3 is 4.74 Å². The summed E-state index contributed by atoms with van der Waals surface area (Å²) < 4.78 is 6.63. The maximum atomic E-state index is 9.13. The van der Waals surface area contributed by atoms with E-state index in [0.717, 1.165) is 15.4 Å².